The summed E-state index contributed by atoms with van der Waals surface area (Å²) in [5.74, 6) is -0.298. The average Bonchev–Trinajstić information content (AvgIpc) is 2.01. The topological polar surface area (TPSA) is 63.3 Å². The molecule has 1 rings (SSSR count). The molecule has 14 heavy (non-hydrogen) atoms. The molecule has 1 aromatic rings. The molecular formula is C10H12BrNO2. The largest absolute Gasteiger partial charge is 0.507 e. The zero-order valence-electron chi connectivity index (χ0n) is 8.04. The van der Waals surface area contributed by atoms with Gasteiger partial charge in [-0.15, -0.1) is 0 Å². The van der Waals surface area contributed by atoms with Crippen LogP contribution >= 0.6 is 15.9 Å². The lowest BCUT2D eigenvalue weighted by atomic mass is 10.0. The Labute approximate surface area is 91.1 Å². The quantitative estimate of drug-likeness (QED) is 0.797. The Morgan fingerprint density at radius 1 is 1.57 bits per heavy atom. The van der Waals surface area contributed by atoms with Crippen LogP contribution in [0, 0.1) is 6.92 Å². The molecule has 0 bridgehead atoms. The van der Waals surface area contributed by atoms with Crippen LogP contribution in [-0.2, 0) is 0 Å². The van der Waals surface area contributed by atoms with Crippen LogP contribution in [0.4, 0.5) is 0 Å². The summed E-state index contributed by atoms with van der Waals surface area (Å²) in [6.45, 7) is 3.43. The van der Waals surface area contributed by atoms with Gasteiger partial charge in [-0.3, -0.25) is 4.79 Å². The minimum Gasteiger partial charge on any atom is -0.507 e. The lowest BCUT2D eigenvalue weighted by Crippen LogP contribution is -2.27. The molecule has 76 valence electrons. The number of nitrogens with two attached hydrogens (primary N) is 1. The first-order valence-corrected chi connectivity index (χ1v) is 5.01. The summed E-state index contributed by atoms with van der Waals surface area (Å²) < 4.78 is 0.581. The molecule has 0 aliphatic rings. The zero-order valence-corrected chi connectivity index (χ0v) is 9.63. The highest BCUT2D eigenvalue weighted by atomic mass is 79.9. The predicted octanol–water partition coefficient (Wildman–Crippen LogP) is 1.99. The number of aryl methyl sites for hydroxylation is 1. The fourth-order valence-electron chi connectivity index (χ4n) is 1.20. The van der Waals surface area contributed by atoms with E-state index >= 15 is 0 Å². The lowest BCUT2D eigenvalue weighted by Gasteiger charge is -2.09. The number of carbonyl (C=O) groups is 1. The first-order valence-electron chi connectivity index (χ1n) is 4.22. The second kappa shape index (κ2) is 4.11. The zero-order chi connectivity index (χ0) is 10.9. The number of hydrogen-bond donors (Lipinski definition) is 2. The predicted molar refractivity (Wildman–Crippen MR) is 58.5 cm³/mol. The molecule has 3 nitrogen and oxygen atoms in total. The minimum absolute atomic E-state index is 0.0285. The maximum atomic E-state index is 11.6. The van der Waals surface area contributed by atoms with Crippen LogP contribution in [0.1, 0.15) is 22.8 Å². The van der Waals surface area contributed by atoms with Crippen molar-refractivity contribution in [2.75, 3.05) is 0 Å². The first kappa shape index (κ1) is 11.2. The molecule has 3 N–H and O–H groups in total. The molecule has 0 saturated heterocycles. The first-order chi connectivity index (χ1) is 6.43. The van der Waals surface area contributed by atoms with Gasteiger partial charge in [-0.1, -0.05) is 0 Å². The van der Waals surface area contributed by atoms with Crippen molar-refractivity contribution in [2.45, 2.75) is 19.9 Å². The van der Waals surface area contributed by atoms with Gasteiger partial charge < -0.3 is 10.8 Å². The van der Waals surface area contributed by atoms with Crippen molar-refractivity contribution in [2.24, 2.45) is 5.73 Å². The Hall–Kier alpha value is -0.870. The van der Waals surface area contributed by atoms with Gasteiger partial charge >= 0.3 is 0 Å². The van der Waals surface area contributed by atoms with E-state index in [0.717, 1.165) is 5.56 Å². The highest BCUT2D eigenvalue weighted by molar-refractivity contribution is 9.10. The van der Waals surface area contributed by atoms with Crippen LogP contribution in [0.2, 0.25) is 0 Å². The molecule has 1 unspecified atom stereocenters. The van der Waals surface area contributed by atoms with Crippen molar-refractivity contribution in [3.8, 4) is 5.75 Å². The van der Waals surface area contributed by atoms with Crippen molar-refractivity contribution < 1.29 is 9.90 Å². The minimum atomic E-state index is -0.611. The van der Waals surface area contributed by atoms with Crippen LogP contribution in [0.25, 0.3) is 0 Å². The number of phenols is 1. The number of aromatic hydroxyl groups is 1. The molecule has 0 aliphatic carbocycles. The summed E-state index contributed by atoms with van der Waals surface area (Å²) in [7, 11) is 0. The molecule has 0 spiro atoms. The van der Waals surface area contributed by atoms with Gasteiger partial charge in [0.2, 0.25) is 0 Å². The van der Waals surface area contributed by atoms with Gasteiger partial charge in [-0.05, 0) is 47.5 Å². The fraction of sp³-hybridized carbons (Fsp3) is 0.300. The van der Waals surface area contributed by atoms with Crippen LogP contribution in [-0.4, -0.2) is 16.9 Å². The number of halogens is 1. The maximum Gasteiger partial charge on any atom is 0.184 e. The van der Waals surface area contributed by atoms with Gasteiger partial charge in [0.1, 0.15) is 5.75 Å². The number of phenolic OH excluding ortho intramolecular Hbond substituents is 1. The van der Waals surface area contributed by atoms with Gasteiger partial charge in [0.25, 0.3) is 0 Å². The fourth-order valence-corrected chi connectivity index (χ4v) is 1.96. The number of ketones is 1. The van der Waals surface area contributed by atoms with Gasteiger partial charge in [-0.2, -0.15) is 0 Å². The molecule has 1 aromatic carbocycles. The van der Waals surface area contributed by atoms with E-state index in [0.29, 0.717) is 4.47 Å². The molecule has 0 saturated carbocycles. The van der Waals surface area contributed by atoms with Crippen molar-refractivity contribution in [3.63, 3.8) is 0 Å². The molecule has 0 heterocycles. The second-order valence-electron chi connectivity index (χ2n) is 3.29. The van der Waals surface area contributed by atoms with Crippen molar-refractivity contribution in [1.29, 1.82) is 0 Å². The SMILES string of the molecule is Cc1cc(O)c(C(=O)C(C)N)c(Br)c1. The lowest BCUT2D eigenvalue weighted by molar-refractivity contribution is 0.0964. The van der Waals surface area contributed by atoms with E-state index in [-0.39, 0.29) is 17.1 Å². The maximum absolute atomic E-state index is 11.6. The molecule has 1 atom stereocenters. The van der Waals surface area contributed by atoms with Crippen LogP contribution in [0.3, 0.4) is 0 Å². The van der Waals surface area contributed by atoms with E-state index in [4.69, 9.17) is 5.73 Å². The second-order valence-corrected chi connectivity index (χ2v) is 4.15. The molecule has 0 radical (unpaired) electrons. The average molecular weight is 258 g/mol. The standard InChI is InChI=1S/C10H12BrNO2/c1-5-3-7(11)9(8(13)4-5)10(14)6(2)12/h3-4,6,13H,12H2,1-2H3. The molecular weight excluding hydrogens is 246 g/mol. The third kappa shape index (κ3) is 2.13. The normalized spacial score (nSPS) is 12.6. The van der Waals surface area contributed by atoms with E-state index in [1.54, 1.807) is 19.1 Å². The van der Waals surface area contributed by atoms with Gasteiger partial charge in [0, 0.05) is 4.47 Å². The number of rotatable bonds is 2. The summed E-state index contributed by atoms with van der Waals surface area (Å²) in [6, 6.07) is 2.70. The van der Waals surface area contributed by atoms with E-state index in [1.807, 2.05) is 6.92 Å². The van der Waals surface area contributed by atoms with E-state index in [9.17, 15) is 9.90 Å². The summed E-state index contributed by atoms with van der Waals surface area (Å²) in [6.07, 6.45) is 0. The number of benzene rings is 1. The van der Waals surface area contributed by atoms with E-state index < -0.39 is 6.04 Å². The summed E-state index contributed by atoms with van der Waals surface area (Å²) in [4.78, 5) is 11.6. The highest BCUT2D eigenvalue weighted by Crippen LogP contribution is 2.28. The number of carbonyl (C=O) groups excluding carboxylic acids is 1. The number of hydrogen-bond acceptors (Lipinski definition) is 3. The highest BCUT2D eigenvalue weighted by Gasteiger charge is 2.18. The Morgan fingerprint density at radius 2 is 2.14 bits per heavy atom. The third-order valence-corrected chi connectivity index (χ3v) is 2.50. The van der Waals surface area contributed by atoms with Gasteiger partial charge in [-0.25, -0.2) is 0 Å². The molecule has 0 amide bonds. The molecule has 4 heteroatoms. The molecule has 0 aliphatic heterocycles. The molecule has 0 aromatic heterocycles. The molecule has 0 fully saturated rings. The van der Waals surface area contributed by atoms with Crippen LogP contribution < -0.4 is 5.73 Å². The Morgan fingerprint density at radius 3 is 2.57 bits per heavy atom. The van der Waals surface area contributed by atoms with Crippen LogP contribution in [0.15, 0.2) is 16.6 Å². The van der Waals surface area contributed by atoms with E-state index in [1.165, 1.54) is 0 Å². The third-order valence-electron chi connectivity index (χ3n) is 1.87. The van der Waals surface area contributed by atoms with Gasteiger partial charge in [0.05, 0.1) is 11.6 Å². The summed E-state index contributed by atoms with van der Waals surface area (Å²) in [5.41, 5.74) is 6.60. The Bertz CT molecular complexity index is 351. The van der Waals surface area contributed by atoms with Crippen molar-refractivity contribution >= 4 is 21.7 Å². The Balaban J connectivity index is 3.28. The van der Waals surface area contributed by atoms with Crippen molar-refractivity contribution in [1.82, 2.24) is 0 Å². The number of Topliss-reactive ketones (excluding diaryl/α,β-unsaturated/α-hetero) is 1. The van der Waals surface area contributed by atoms with E-state index in [2.05, 4.69) is 15.9 Å². The van der Waals surface area contributed by atoms with Crippen LogP contribution in [0.5, 0.6) is 5.75 Å². The Kier molecular flexibility index (Phi) is 3.29. The van der Waals surface area contributed by atoms with Crippen molar-refractivity contribution in [3.05, 3.63) is 27.7 Å². The van der Waals surface area contributed by atoms with Gasteiger partial charge in [0.15, 0.2) is 5.78 Å². The summed E-state index contributed by atoms with van der Waals surface area (Å²) in [5, 5.41) is 9.59. The summed E-state index contributed by atoms with van der Waals surface area (Å²) >= 11 is 3.23. The smallest absolute Gasteiger partial charge is 0.184 e. The monoisotopic (exact) mass is 257 g/mol.